The molecule has 0 radical (unpaired) electrons. The van der Waals surface area contributed by atoms with E-state index in [4.69, 9.17) is 4.74 Å². The third-order valence-corrected chi connectivity index (χ3v) is 5.10. The molecule has 1 aliphatic rings. The third kappa shape index (κ3) is 4.58. The second-order valence-corrected chi connectivity index (χ2v) is 7.67. The summed E-state index contributed by atoms with van der Waals surface area (Å²) in [7, 11) is 0. The van der Waals surface area contributed by atoms with Gasteiger partial charge < -0.3 is 10.1 Å². The Labute approximate surface area is 151 Å². The molecule has 25 heavy (non-hydrogen) atoms. The van der Waals surface area contributed by atoms with Crippen molar-refractivity contribution in [2.45, 2.75) is 50.1 Å². The molecule has 0 saturated carbocycles. The van der Waals surface area contributed by atoms with Gasteiger partial charge in [0.25, 0.3) is 0 Å². The van der Waals surface area contributed by atoms with E-state index < -0.39 is 0 Å². The van der Waals surface area contributed by atoms with Gasteiger partial charge in [-0.2, -0.15) is 4.68 Å². The predicted octanol–water partition coefficient (Wildman–Crippen LogP) is 2.05. The fraction of sp³-hybridized carbons (Fsp3) is 0.529. The van der Waals surface area contributed by atoms with E-state index in [0.717, 1.165) is 36.3 Å². The Balaban J connectivity index is 1.64. The van der Waals surface area contributed by atoms with Crippen LogP contribution in [0.2, 0.25) is 0 Å². The van der Waals surface area contributed by atoms with Crippen LogP contribution in [0.25, 0.3) is 5.69 Å². The van der Waals surface area contributed by atoms with E-state index in [1.54, 1.807) is 4.68 Å². The van der Waals surface area contributed by atoms with Crippen molar-refractivity contribution in [3.8, 4) is 5.69 Å². The van der Waals surface area contributed by atoms with Crippen LogP contribution < -0.4 is 5.32 Å². The van der Waals surface area contributed by atoms with Crippen molar-refractivity contribution in [1.82, 2.24) is 25.5 Å². The summed E-state index contributed by atoms with van der Waals surface area (Å²) in [5.41, 5.74) is 3.18. The highest BCUT2D eigenvalue weighted by Crippen LogP contribution is 2.24. The van der Waals surface area contributed by atoms with Crippen LogP contribution in [0.5, 0.6) is 0 Å². The van der Waals surface area contributed by atoms with Crippen LogP contribution in [0, 0.1) is 13.8 Å². The lowest BCUT2D eigenvalue weighted by atomic mass is 10.1. The summed E-state index contributed by atoms with van der Waals surface area (Å²) >= 11 is 1.35. The first-order valence-electron chi connectivity index (χ1n) is 8.46. The summed E-state index contributed by atoms with van der Waals surface area (Å²) in [4.78, 5) is 12.3. The predicted molar refractivity (Wildman–Crippen MR) is 95.9 cm³/mol. The van der Waals surface area contributed by atoms with Gasteiger partial charge in [0.1, 0.15) is 0 Å². The van der Waals surface area contributed by atoms with Gasteiger partial charge in [0.15, 0.2) is 0 Å². The second-order valence-electron chi connectivity index (χ2n) is 6.36. The summed E-state index contributed by atoms with van der Waals surface area (Å²) < 4.78 is 7.21. The summed E-state index contributed by atoms with van der Waals surface area (Å²) in [6.45, 7) is 7.28. The van der Waals surface area contributed by atoms with Crippen molar-refractivity contribution < 1.29 is 9.53 Å². The molecule has 8 heteroatoms. The summed E-state index contributed by atoms with van der Waals surface area (Å²) in [5.74, 6) is -0.0320. The van der Waals surface area contributed by atoms with Crippen LogP contribution in [0.3, 0.4) is 0 Å². The zero-order chi connectivity index (χ0) is 17.8. The molecule has 3 rings (SSSR count). The number of tetrazole rings is 1. The molecule has 1 amide bonds. The average Bonchev–Trinajstić information content (AvgIpc) is 3.23. The molecule has 1 aromatic carbocycles. The Hall–Kier alpha value is -1.93. The first-order chi connectivity index (χ1) is 12.0. The Morgan fingerprint density at radius 2 is 2.16 bits per heavy atom. The first-order valence-corrected chi connectivity index (χ1v) is 9.34. The smallest absolute Gasteiger partial charge is 0.233 e. The highest BCUT2D eigenvalue weighted by molar-refractivity contribution is 8.00. The van der Waals surface area contributed by atoms with Crippen molar-refractivity contribution in [2.24, 2.45) is 0 Å². The Morgan fingerprint density at radius 1 is 1.40 bits per heavy atom. The maximum atomic E-state index is 12.3. The van der Waals surface area contributed by atoms with Gasteiger partial charge in [0.2, 0.25) is 11.1 Å². The number of nitrogens with zero attached hydrogens (tertiary/aromatic N) is 4. The summed E-state index contributed by atoms with van der Waals surface area (Å²) in [6, 6.07) is 6.15. The fourth-order valence-electron chi connectivity index (χ4n) is 2.86. The number of thioether (sulfide) groups is 1. The molecular formula is C17H23N5O2S. The number of aryl methyl sites for hydroxylation is 2. The molecule has 7 nitrogen and oxygen atoms in total. The van der Waals surface area contributed by atoms with Crippen molar-refractivity contribution >= 4 is 17.7 Å². The molecule has 134 valence electrons. The van der Waals surface area contributed by atoms with E-state index in [-0.39, 0.29) is 17.3 Å². The summed E-state index contributed by atoms with van der Waals surface area (Å²) in [5, 5.41) is 15.2. The zero-order valence-corrected chi connectivity index (χ0v) is 15.5. The topological polar surface area (TPSA) is 81.9 Å². The first kappa shape index (κ1) is 17.9. The Morgan fingerprint density at radius 3 is 2.84 bits per heavy atom. The number of carbonyl (C=O) groups excluding carboxylic acids is 1. The lowest BCUT2D eigenvalue weighted by Crippen LogP contribution is -2.36. The molecule has 1 aliphatic heterocycles. The quantitative estimate of drug-likeness (QED) is 0.793. The fourth-order valence-corrected chi connectivity index (χ4v) is 3.69. The van der Waals surface area contributed by atoms with Gasteiger partial charge in [-0.15, -0.1) is 5.10 Å². The molecule has 2 aromatic rings. The largest absolute Gasteiger partial charge is 0.376 e. The zero-order valence-electron chi connectivity index (χ0n) is 14.7. The molecule has 0 aliphatic carbocycles. The van der Waals surface area contributed by atoms with Crippen LogP contribution in [0.1, 0.15) is 30.9 Å². The van der Waals surface area contributed by atoms with E-state index in [1.807, 2.05) is 32.9 Å². The Bertz CT molecular complexity index is 722. The number of ether oxygens (including phenoxy) is 1. The highest BCUT2D eigenvalue weighted by atomic mass is 32.2. The number of rotatable bonds is 6. The van der Waals surface area contributed by atoms with Crippen LogP contribution in [0.4, 0.5) is 0 Å². The molecule has 0 spiro atoms. The number of benzene rings is 1. The molecule has 2 heterocycles. The maximum Gasteiger partial charge on any atom is 0.233 e. The van der Waals surface area contributed by atoms with Crippen LogP contribution in [0.15, 0.2) is 23.4 Å². The van der Waals surface area contributed by atoms with Crippen molar-refractivity contribution in [3.05, 3.63) is 29.3 Å². The number of hydrogen-bond acceptors (Lipinski definition) is 6. The highest BCUT2D eigenvalue weighted by Gasteiger charge is 2.21. The van der Waals surface area contributed by atoms with Crippen LogP contribution >= 0.6 is 11.8 Å². The van der Waals surface area contributed by atoms with Crippen LogP contribution in [-0.2, 0) is 9.53 Å². The van der Waals surface area contributed by atoms with Gasteiger partial charge in [-0.25, -0.2) is 0 Å². The minimum absolute atomic E-state index is 0.0320. The van der Waals surface area contributed by atoms with Crippen molar-refractivity contribution in [2.75, 3.05) is 13.2 Å². The molecule has 1 saturated heterocycles. The maximum absolute atomic E-state index is 12.3. The van der Waals surface area contributed by atoms with Crippen molar-refractivity contribution in [3.63, 3.8) is 0 Å². The Kier molecular flexibility index (Phi) is 5.70. The number of hydrogen-bond donors (Lipinski definition) is 1. The average molecular weight is 361 g/mol. The van der Waals surface area contributed by atoms with Gasteiger partial charge in [-0.3, -0.25) is 4.79 Å². The van der Waals surface area contributed by atoms with Gasteiger partial charge in [-0.1, -0.05) is 17.8 Å². The van der Waals surface area contributed by atoms with E-state index in [1.165, 1.54) is 11.8 Å². The molecular weight excluding hydrogens is 338 g/mol. The molecule has 1 aromatic heterocycles. The molecule has 1 N–H and O–H groups in total. The number of nitrogens with one attached hydrogen (secondary N) is 1. The number of amides is 1. The van der Waals surface area contributed by atoms with Crippen molar-refractivity contribution in [1.29, 1.82) is 0 Å². The van der Waals surface area contributed by atoms with E-state index >= 15 is 0 Å². The van der Waals surface area contributed by atoms with Gasteiger partial charge in [-0.05, 0) is 67.3 Å². The van der Waals surface area contributed by atoms with Crippen LogP contribution in [-0.4, -0.2) is 50.6 Å². The standard InChI is InChI=1S/C17H23N5O2S/c1-11-7-12(2)9-14(8-11)22-17(19-20-21-22)25-13(3)16(23)18-10-15-5-4-6-24-15/h7-9,13,15H,4-6,10H2,1-3H3,(H,18,23)/t13-,15+/m1/s1. The van der Waals surface area contributed by atoms with Gasteiger partial charge >= 0.3 is 0 Å². The normalized spacial score (nSPS) is 18.3. The molecule has 0 unspecified atom stereocenters. The van der Waals surface area contributed by atoms with E-state index in [0.29, 0.717) is 11.7 Å². The molecule has 1 fully saturated rings. The molecule has 0 bridgehead atoms. The third-order valence-electron chi connectivity index (χ3n) is 4.07. The number of aromatic nitrogens is 4. The monoisotopic (exact) mass is 361 g/mol. The second kappa shape index (κ2) is 7.97. The lowest BCUT2D eigenvalue weighted by Gasteiger charge is -2.14. The lowest BCUT2D eigenvalue weighted by molar-refractivity contribution is -0.120. The van der Waals surface area contributed by atoms with Gasteiger partial charge in [0.05, 0.1) is 17.0 Å². The van der Waals surface area contributed by atoms with Gasteiger partial charge in [0, 0.05) is 13.2 Å². The minimum atomic E-state index is -0.294. The molecule has 2 atom stereocenters. The SMILES string of the molecule is Cc1cc(C)cc(-n2nnnc2S[C@H](C)C(=O)NC[C@@H]2CCCO2)c1. The number of carbonyl (C=O) groups is 1. The minimum Gasteiger partial charge on any atom is -0.376 e. The van der Waals surface area contributed by atoms with E-state index in [2.05, 4.69) is 26.9 Å². The summed E-state index contributed by atoms with van der Waals surface area (Å²) in [6.07, 6.45) is 2.21. The van der Waals surface area contributed by atoms with E-state index in [9.17, 15) is 4.79 Å².